The first-order chi connectivity index (χ1) is 8.80. The average Bonchev–Trinajstić information content (AvgIpc) is 2.70. The normalized spacial score (nSPS) is 34.8. The van der Waals surface area contributed by atoms with Crippen LogP contribution in [0.2, 0.25) is 0 Å². The first-order valence-corrected chi connectivity index (χ1v) is 7.97. The van der Waals surface area contributed by atoms with Crippen molar-refractivity contribution in [2.24, 2.45) is 5.92 Å². The third kappa shape index (κ3) is 3.06. The Labute approximate surface area is 112 Å². The van der Waals surface area contributed by atoms with E-state index in [1.807, 2.05) is 0 Å². The van der Waals surface area contributed by atoms with Gasteiger partial charge in [0.05, 0.1) is 6.07 Å². The van der Waals surface area contributed by atoms with Gasteiger partial charge in [-0.15, -0.1) is 0 Å². The van der Waals surface area contributed by atoms with Crippen LogP contribution < -0.4 is 0 Å². The first kappa shape index (κ1) is 13.9. The van der Waals surface area contributed by atoms with Crippen LogP contribution in [0.15, 0.2) is 0 Å². The standard InChI is InChI=1S/C16H28N2/c1-2-7-15-8-10-16(14-17,11-9-15)18-12-5-3-4-6-13-18/h15H,2-13H2,1H3. The van der Waals surface area contributed by atoms with Crippen LogP contribution in [0.3, 0.4) is 0 Å². The van der Waals surface area contributed by atoms with E-state index in [4.69, 9.17) is 0 Å². The Morgan fingerprint density at radius 3 is 2.22 bits per heavy atom. The van der Waals surface area contributed by atoms with Crippen LogP contribution in [0.5, 0.6) is 0 Å². The average molecular weight is 248 g/mol. The molecule has 0 radical (unpaired) electrons. The Hall–Kier alpha value is -0.550. The van der Waals surface area contributed by atoms with Gasteiger partial charge in [0.1, 0.15) is 5.54 Å². The van der Waals surface area contributed by atoms with Crippen LogP contribution in [-0.2, 0) is 0 Å². The molecular weight excluding hydrogens is 220 g/mol. The van der Waals surface area contributed by atoms with Crippen molar-refractivity contribution in [3.05, 3.63) is 0 Å². The van der Waals surface area contributed by atoms with Crippen molar-refractivity contribution < 1.29 is 0 Å². The molecule has 1 saturated heterocycles. The summed E-state index contributed by atoms with van der Waals surface area (Å²) in [6, 6.07) is 2.70. The highest BCUT2D eigenvalue weighted by molar-refractivity contribution is 5.10. The van der Waals surface area contributed by atoms with Gasteiger partial charge in [-0.05, 0) is 57.5 Å². The molecule has 2 heteroatoms. The molecule has 1 aliphatic carbocycles. The fraction of sp³-hybridized carbons (Fsp3) is 0.938. The van der Waals surface area contributed by atoms with E-state index in [9.17, 15) is 5.26 Å². The quantitative estimate of drug-likeness (QED) is 0.751. The van der Waals surface area contributed by atoms with E-state index in [1.165, 1.54) is 51.4 Å². The maximum absolute atomic E-state index is 9.71. The second-order valence-corrected chi connectivity index (χ2v) is 6.28. The van der Waals surface area contributed by atoms with Crippen molar-refractivity contribution >= 4 is 0 Å². The lowest BCUT2D eigenvalue weighted by atomic mass is 9.75. The molecule has 0 atom stereocenters. The van der Waals surface area contributed by atoms with Gasteiger partial charge in [-0.2, -0.15) is 5.26 Å². The summed E-state index contributed by atoms with van der Waals surface area (Å²) in [5.74, 6) is 0.892. The van der Waals surface area contributed by atoms with Gasteiger partial charge in [0.15, 0.2) is 0 Å². The van der Waals surface area contributed by atoms with Gasteiger partial charge in [-0.3, -0.25) is 4.90 Å². The zero-order valence-electron chi connectivity index (χ0n) is 12.0. The molecule has 2 fully saturated rings. The monoisotopic (exact) mass is 248 g/mol. The van der Waals surface area contributed by atoms with Crippen LogP contribution >= 0.6 is 0 Å². The minimum atomic E-state index is -0.103. The number of rotatable bonds is 3. The molecule has 18 heavy (non-hydrogen) atoms. The Morgan fingerprint density at radius 1 is 1.11 bits per heavy atom. The predicted molar refractivity (Wildman–Crippen MR) is 75.3 cm³/mol. The molecule has 0 aromatic carbocycles. The van der Waals surface area contributed by atoms with Crippen molar-refractivity contribution in [2.75, 3.05) is 13.1 Å². The molecule has 1 heterocycles. The zero-order valence-corrected chi connectivity index (χ0v) is 12.0. The summed E-state index contributed by atoms with van der Waals surface area (Å²) in [7, 11) is 0. The second-order valence-electron chi connectivity index (χ2n) is 6.28. The van der Waals surface area contributed by atoms with Crippen LogP contribution in [0.1, 0.15) is 71.1 Å². The molecule has 0 N–H and O–H groups in total. The van der Waals surface area contributed by atoms with Crippen molar-refractivity contribution in [3.8, 4) is 6.07 Å². The molecule has 0 aromatic rings. The Balaban J connectivity index is 1.97. The summed E-state index contributed by atoms with van der Waals surface area (Å²) in [5, 5.41) is 9.71. The van der Waals surface area contributed by atoms with E-state index in [2.05, 4.69) is 17.9 Å². The van der Waals surface area contributed by atoms with Gasteiger partial charge in [0.25, 0.3) is 0 Å². The van der Waals surface area contributed by atoms with Crippen LogP contribution in [0, 0.1) is 17.2 Å². The molecule has 0 bridgehead atoms. The fourth-order valence-electron chi connectivity index (χ4n) is 3.85. The molecule has 102 valence electrons. The molecule has 1 aliphatic heterocycles. The molecule has 0 spiro atoms. The minimum absolute atomic E-state index is 0.103. The highest BCUT2D eigenvalue weighted by atomic mass is 15.2. The lowest BCUT2D eigenvalue weighted by Crippen LogP contribution is -2.50. The fourth-order valence-corrected chi connectivity index (χ4v) is 3.85. The predicted octanol–water partition coefficient (Wildman–Crippen LogP) is 4.12. The number of hydrogen-bond donors (Lipinski definition) is 0. The Bertz CT molecular complexity index is 276. The molecule has 0 amide bonds. The van der Waals surface area contributed by atoms with Crippen LogP contribution in [-0.4, -0.2) is 23.5 Å². The van der Waals surface area contributed by atoms with E-state index in [-0.39, 0.29) is 5.54 Å². The van der Waals surface area contributed by atoms with E-state index in [0.29, 0.717) is 0 Å². The zero-order chi connectivity index (χ0) is 12.8. The van der Waals surface area contributed by atoms with Gasteiger partial charge >= 0.3 is 0 Å². The van der Waals surface area contributed by atoms with Gasteiger partial charge in [0, 0.05) is 0 Å². The van der Waals surface area contributed by atoms with Crippen molar-refractivity contribution in [3.63, 3.8) is 0 Å². The minimum Gasteiger partial charge on any atom is -0.286 e. The number of nitriles is 1. The summed E-state index contributed by atoms with van der Waals surface area (Å²) in [6.45, 7) is 4.60. The summed E-state index contributed by atoms with van der Waals surface area (Å²) in [6.07, 6.45) is 12.8. The van der Waals surface area contributed by atoms with Crippen molar-refractivity contribution in [1.29, 1.82) is 5.26 Å². The van der Waals surface area contributed by atoms with Gasteiger partial charge in [0.2, 0.25) is 0 Å². The van der Waals surface area contributed by atoms with Gasteiger partial charge in [-0.25, -0.2) is 0 Å². The SMILES string of the molecule is CCCC1CCC(C#N)(N2CCCCCC2)CC1. The highest BCUT2D eigenvalue weighted by Gasteiger charge is 2.40. The van der Waals surface area contributed by atoms with E-state index < -0.39 is 0 Å². The summed E-state index contributed by atoms with van der Waals surface area (Å²) >= 11 is 0. The summed E-state index contributed by atoms with van der Waals surface area (Å²) in [4.78, 5) is 2.53. The van der Waals surface area contributed by atoms with E-state index in [1.54, 1.807) is 0 Å². The number of hydrogen-bond acceptors (Lipinski definition) is 2. The molecule has 2 rings (SSSR count). The van der Waals surface area contributed by atoms with Crippen molar-refractivity contribution in [2.45, 2.75) is 76.7 Å². The maximum Gasteiger partial charge on any atom is 0.109 e. The first-order valence-electron chi connectivity index (χ1n) is 7.97. The van der Waals surface area contributed by atoms with Gasteiger partial charge < -0.3 is 0 Å². The van der Waals surface area contributed by atoms with Gasteiger partial charge in [-0.1, -0.05) is 32.6 Å². The summed E-state index contributed by atoms with van der Waals surface area (Å²) < 4.78 is 0. The lowest BCUT2D eigenvalue weighted by Gasteiger charge is -2.43. The maximum atomic E-state index is 9.71. The molecule has 2 nitrogen and oxygen atoms in total. The largest absolute Gasteiger partial charge is 0.286 e. The van der Waals surface area contributed by atoms with Crippen LogP contribution in [0.25, 0.3) is 0 Å². The third-order valence-electron chi connectivity index (χ3n) is 5.05. The second kappa shape index (κ2) is 6.57. The van der Waals surface area contributed by atoms with Crippen LogP contribution in [0.4, 0.5) is 0 Å². The highest BCUT2D eigenvalue weighted by Crippen LogP contribution is 2.38. The number of nitrogens with zero attached hydrogens (tertiary/aromatic N) is 2. The van der Waals surface area contributed by atoms with E-state index >= 15 is 0 Å². The Morgan fingerprint density at radius 2 is 1.72 bits per heavy atom. The molecular formula is C16H28N2. The Kier molecular flexibility index (Phi) is 5.06. The summed E-state index contributed by atoms with van der Waals surface area (Å²) in [5.41, 5.74) is -0.103. The number of likely N-dealkylation sites (tertiary alicyclic amines) is 1. The molecule has 1 saturated carbocycles. The molecule has 0 unspecified atom stereocenters. The smallest absolute Gasteiger partial charge is 0.109 e. The molecule has 2 aliphatic rings. The topological polar surface area (TPSA) is 27.0 Å². The third-order valence-corrected chi connectivity index (χ3v) is 5.05. The van der Waals surface area contributed by atoms with E-state index in [0.717, 1.165) is 31.8 Å². The molecule has 0 aromatic heterocycles. The lowest BCUT2D eigenvalue weighted by molar-refractivity contribution is 0.0820. The van der Waals surface area contributed by atoms with Crippen molar-refractivity contribution in [1.82, 2.24) is 4.90 Å².